The second kappa shape index (κ2) is 5.56. The average Bonchev–Trinajstić information content (AvgIpc) is 2.96. The number of thiophene rings is 1. The van der Waals surface area contributed by atoms with Crippen LogP contribution in [0.5, 0.6) is 0 Å². The average molecular weight is 354 g/mol. The summed E-state index contributed by atoms with van der Waals surface area (Å²) >= 11 is 0. The molecule has 0 spiro atoms. The summed E-state index contributed by atoms with van der Waals surface area (Å²) in [5, 5.41) is 13.6. The Morgan fingerprint density at radius 3 is 2.80 bits per heavy atom. The smallest absolute Gasteiger partial charge is 0.437 e. The highest BCUT2D eigenvalue weighted by Gasteiger charge is 2.36. The van der Waals surface area contributed by atoms with Crippen molar-refractivity contribution in [3.63, 3.8) is 0 Å². The molecule has 126 valence electrons. The number of anilines is 3. The molecule has 6 nitrogen and oxygen atoms in total. The van der Waals surface area contributed by atoms with Crippen molar-refractivity contribution in [2.75, 3.05) is 10.2 Å². The molecule has 0 saturated carbocycles. The maximum Gasteiger partial charge on any atom is 0.554 e. The van der Waals surface area contributed by atoms with Crippen LogP contribution < -0.4 is 10.2 Å². The van der Waals surface area contributed by atoms with Gasteiger partial charge >= 0.3 is 11.3 Å². The van der Waals surface area contributed by atoms with Crippen LogP contribution in [-0.2, 0) is 6.42 Å². The Morgan fingerprint density at radius 1 is 1.32 bits per heavy atom. The standard InChI is InChI=1S/C18H15N3O3S/c1-3-11-4-5-13(10(2)8-11)21-14-6-7-19-16-15(14)12(20-17(21)22)9-25(16)18(23)24/h4-9H,3H2,1-2H3,(H-,20,22,23,24)/p+1. The Kier molecular flexibility index (Phi) is 3.47. The van der Waals surface area contributed by atoms with Crippen molar-refractivity contribution in [3.8, 4) is 0 Å². The first-order valence-corrected chi connectivity index (χ1v) is 9.18. The number of benzene rings is 1. The number of aromatic nitrogens is 1. The molecule has 1 atom stereocenters. The first-order valence-electron chi connectivity index (χ1n) is 7.89. The molecule has 0 radical (unpaired) electrons. The van der Waals surface area contributed by atoms with Crippen LogP contribution >= 0.6 is 10.5 Å². The number of hydrogen-bond acceptors (Lipinski definition) is 3. The van der Waals surface area contributed by atoms with E-state index in [1.54, 1.807) is 22.5 Å². The van der Waals surface area contributed by atoms with E-state index in [1.165, 1.54) is 5.56 Å². The van der Waals surface area contributed by atoms with Crippen molar-refractivity contribution in [1.82, 2.24) is 4.98 Å². The predicted octanol–water partition coefficient (Wildman–Crippen LogP) is 5.06. The van der Waals surface area contributed by atoms with Crippen LogP contribution in [-0.4, -0.2) is 21.4 Å². The molecule has 2 aromatic heterocycles. The molecule has 0 bridgehead atoms. The number of hydrogen-bond donors (Lipinski definition) is 2. The van der Waals surface area contributed by atoms with Crippen LogP contribution in [0.1, 0.15) is 18.1 Å². The zero-order chi connectivity index (χ0) is 17.7. The number of urea groups is 1. The minimum Gasteiger partial charge on any atom is -0.437 e. The lowest BCUT2D eigenvalue weighted by atomic mass is 10.1. The Balaban J connectivity index is 1.97. The van der Waals surface area contributed by atoms with E-state index in [-0.39, 0.29) is 6.03 Å². The molecule has 2 N–H and O–H groups in total. The van der Waals surface area contributed by atoms with Gasteiger partial charge in [-0.2, -0.15) is 4.79 Å². The number of carboxylic acid groups (broad SMARTS) is 1. The third-order valence-corrected chi connectivity index (χ3v) is 5.97. The van der Waals surface area contributed by atoms with Crippen molar-refractivity contribution in [3.05, 3.63) is 47.0 Å². The minimum atomic E-state index is -1.15. The van der Waals surface area contributed by atoms with E-state index in [2.05, 4.69) is 23.3 Å². The summed E-state index contributed by atoms with van der Waals surface area (Å²) in [5.41, 5.74) is 4.18. The Morgan fingerprint density at radius 2 is 2.12 bits per heavy atom. The van der Waals surface area contributed by atoms with Crippen LogP contribution in [0.4, 0.5) is 26.7 Å². The highest BCUT2D eigenvalue weighted by atomic mass is 32.2. The lowest BCUT2D eigenvalue weighted by Crippen LogP contribution is -2.34. The number of amides is 2. The van der Waals surface area contributed by atoms with Gasteiger partial charge in [0.15, 0.2) is 5.38 Å². The maximum atomic E-state index is 12.7. The van der Waals surface area contributed by atoms with Gasteiger partial charge in [-0.05, 0) is 36.6 Å². The number of aryl methyl sites for hydroxylation is 2. The van der Waals surface area contributed by atoms with Crippen LogP contribution in [0.2, 0.25) is 0 Å². The molecule has 1 unspecified atom stereocenters. The van der Waals surface area contributed by atoms with E-state index >= 15 is 0 Å². The second-order valence-electron chi connectivity index (χ2n) is 5.89. The van der Waals surface area contributed by atoms with Crippen LogP contribution in [0, 0.1) is 6.92 Å². The summed E-state index contributed by atoms with van der Waals surface area (Å²) in [5.74, 6) is 0. The third kappa shape index (κ3) is 2.27. The van der Waals surface area contributed by atoms with Crippen LogP contribution in [0.15, 0.2) is 35.8 Å². The van der Waals surface area contributed by atoms with Gasteiger partial charge in [0, 0.05) is 6.20 Å². The van der Waals surface area contributed by atoms with Crippen LogP contribution in [0.25, 0.3) is 10.2 Å². The van der Waals surface area contributed by atoms with Gasteiger partial charge in [-0.1, -0.05) is 19.1 Å². The topological polar surface area (TPSA) is 82.5 Å². The van der Waals surface area contributed by atoms with Gasteiger partial charge in [-0.15, -0.1) is 0 Å². The molecule has 4 rings (SSSR count). The van der Waals surface area contributed by atoms with Crippen molar-refractivity contribution in [2.24, 2.45) is 0 Å². The molecule has 25 heavy (non-hydrogen) atoms. The zero-order valence-corrected chi connectivity index (χ0v) is 14.6. The number of nitrogens with one attached hydrogen (secondary N) is 1. The fourth-order valence-electron chi connectivity index (χ4n) is 3.20. The monoisotopic (exact) mass is 354 g/mol. The summed E-state index contributed by atoms with van der Waals surface area (Å²) in [6.07, 6.45) is 2.49. The van der Waals surface area contributed by atoms with Gasteiger partial charge in [-0.3, -0.25) is 4.90 Å². The summed E-state index contributed by atoms with van der Waals surface area (Å²) in [4.78, 5) is 30.6. The van der Waals surface area contributed by atoms with E-state index in [0.717, 1.165) is 17.7 Å². The molecule has 1 aliphatic rings. The van der Waals surface area contributed by atoms with Gasteiger partial charge in [-0.25, -0.2) is 9.78 Å². The van der Waals surface area contributed by atoms with E-state index < -0.39 is 15.8 Å². The largest absolute Gasteiger partial charge is 0.554 e. The number of nitrogens with zero attached hydrogens (tertiary/aromatic N) is 2. The van der Waals surface area contributed by atoms with Crippen molar-refractivity contribution < 1.29 is 14.7 Å². The maximum absolute atomic E-state index is 12.7. The molecule has 1 aliphatic heterocycles. The zero-order valence-electron chi connectivity index (χ0n) is 13.7. The van der Waals surface area contributed by atoms with E-state index in [9.17, 15) is 14.7 Å². The van der Waals surface area contributed by atoms with E-state index in [0.29, 0.717) is 21.6 Å². The highest BCUT2D eigenvalue weighted by Crippen LogP contribution is 2.47. The van der Waals surface area contributed by atoms with Gasteiger partial charge in [0.05, 0.1) is 11.4 Å². The van der Waals surface area contributed by atoms with Crippen LogP contribution in [0.3, 0.4) is 0 Å². The lowest BCUT2D eigenvalue weighted by molar-refractivity contribution is 0.221. The lowest BCUT2D eigenvalue weighted by Gasteiger charge is -2.28. The molecular weight excluding hydrogens is 338 g/mol. The summed E-state index contributed by atoms with van der Waals surface area (Å²) in [6.45, 7) is 4.05. The Labute approximate surface area is 146 Å². The van der Waals surface area contributed by atoms with E-state index in [1.807, 2.05) is 19.1 Å². The number of rotatable bonds is 3. The third-order valence-electron chi connectivity index (χ3n) is 4.39. The summed E-state index contributed by atoms with van der Waals surface area (Å²) in [7, 11) is -1.15. The SMILES string of the molecule is CCc1ccc(N2C(=O)Nc3c[s+](C(=O)O)c4nccc2c34)c(C)c1. The molecule has 2 amide bonds. The fourth-order valence-corrected chi connectivity index (χ4v) is 4.60. The second-order valence-corrected chi connectivity index (χ2v) is 7.53. The minimum absolute atomic E-state index is 0.293. The molecule has 3 heterocycles. The van der Waals surface area contributed by atoms with Crippen molar-refractivity contribution >= 4 is 49.1 Å². The number of carbonyl (C=O) groups is 2. The molecular formula is C18H16N3O3S+. The van der Waals surface area contributed by atoms with Crippen molar-refractivity contribution in [1.29, 1.82) is 0 Å². The molecule has 7 heteroatoms. The van der Waals surface area contributed by atoms with Gasteiger partial charge < -0.3 is 10.4 Å². The number of pyridine rings is 1. The summed E-state index contributed by atoms with van der Waals surface area (Å²) in [6, 6.07) is 7.47. The Bertz CT molecular complexity index is 1040. The van der Waals surface area contributed by atoms with Gasteiger partial charge in [0.2, 0.25) is 0 Å². The fraction of sp³-hybridized carbons (Fsp3) is 0.167. The molecule has 3 aromatic rings. The normalized spacial score (nSPS) is 13.9. The molecule has 0 fully saturated rings. The molecule has 1 aromatic carbocycles. The van der Waals surface area contributed by atoms with E-state index in [4.69, 9.17) is 0 Å². The van der Waals surface area contributed by atoms with Gasteiger partial charge in [0.1, 0.15) is 21.5 Å². The van der Waals surface area contributed by atoms with Crippen molar-refractivity contribution in [2.45, 2.75) is 20.3 Å². The first-order chi connectivity index (χ1) is 12.0. The number of carbonyl (C=O) groups excluding carboxylic acids is 1. The van der Waals surface area contributed by atoms with Gasteiger partial charge in [0.25, 0.3) is 4.83 Å². The summed E-state index contributed by atoms with van der Waals surface area (Å²) < 4.78 is 0. The Hall–Kier alpha value is -2.93. The molecule has 0 aliphatic carbocycles. The quantitative estimate of drug-likeness (QED) is 0.644. The molecule has 0 saturated heterocycles. The first kappa shape index (κ1) is 15.6. The predicted molar refractivity (Wildman–Crippen MR) is 99.4 cm³/mol. The highest BCUT2D eigenvalue weighted by molar-refractivity contribution is 7.54.